The lowest BCUT2D eigenvalue weighted by Gasteiger charge is -2.14. The van der Waals surface area contributed by atoms with Crippen LogP contribution in [0.2, 0.25) is 0 Å². The first-order valence-electron chi connectivity index (χ1n) is 7.16. The molecule has 0 saturated carbocycles. The van der Waals surface area contributed by atoms with Crippen LogP contribution in [0, 0.1) is 0 Å². The summed E-state index contributed by atoms with van der Waals surface area (Å²) in [5.74, 6) is -0.106. The molecule has 1 aliphatic rings. The van der Waals surface area contributed by atoms with E-state index in [1.165, 1.54) is 26.2 Å². The largest absolute Gasteiger partial charge is 0.550 e. The first kappa shape index (κ1) is 19.1. The average Bonchev–Trinajstić information content (AvgIpc) is 2.85. The van der Waals surface area contributed by atoms with Crippen molar-refractivity contribution < 1.29 is 28.9 Å². The van der Waals surface area contributed by atoms with E-state index in [0.717, 1.165) is 11.8 Å². The van der Waals surface area contributed by atoms with Gasteiger partial charge in [0.2, 0.25) is 0 Å². The van der Waals surface area contributed by atoms with Crippen LogP contribution >= 0.6 is 24.0 Å². The van der Waals surface area contributed by atoms with Gasteiger partial charge >= 0.3 is 0 Å². The number of ether oxygens (including phenoxy) is 3. The summed E-state index contributed by atoms with van der Waals surface area (Å²) in [5, 5.41) is 10.6. The van der Waals surface area contributed by atoms with E-state index in [1.54, 1.807) is 18.2 Å². The Hall–Kier alpha value is -2.26. The van der Waals surface area contributed by atoms with Crippen molar-refractivity contribution >= 4 is 46.3 Å². The minimum absolute atomic E-state index is 0.0204. The zero-order valence-corrected chi connectivity index (χ0v) is 15.5. The number of thioether (sulfide) groups is 1. The molecule has 134 valence electrons. The maximum Gasteiger partial charge on any atom is 0.266 e. The number of amides is 1. The second-order valence-electron chi connectivity index (χ2n) is 4.90. The first-order valence-corrected chi connectivity index (χ1v) is 8.39. The topological polar surface area (TPSA) is 88.1 Å². The van der Waals surface area contributed by atoms with E-state index >= 15 is 0 Å². The fourth-order valence-corrected chi connectivity index (χ4v) is 3.50. The molecule has 1 aliphatic heterocycles. The Bertz CT molecular complexity index is 746. The summed E-state index contributed by atoms with van der Waals surface area (Å²) in [6.45, 7) is -0.0204. The highest BCUT2D eigenvalue weighted by atomic mass is 32.2. The lowest BCUT2D eigenvalue weighted by Crippen LogP contribution is -2.33. The number of carboxylic acids is 1. The highest BCUT2D eigenvalue weighted by molar-refractivity contribution is 8.26. The molecular weight excluding hydrogens is 366 g/mol. The van der Waals surface area contributed by atoms with Crippen LogP contribution in [0.3, 0.4) is 0 Å². The summed E-state index contributed by atoms with van der Waals surface area (Å²) in [7, 11) is 4.52. The molecule has 2 rings (SSSR count). The van der Waals surface area contributed by atoms with E-state index in [9.17, 15) is 14.7 Å². The summed E-state index contributed by atoms with van der Waals surface area (Å²) in [4.78, 5) is 24.7. The van der Waals surface area contributed by atoms with Crippen LogP contribution in [0.5, 0.6) is 17.2 Å². The quantitative estimate of drug-likeness (QED) is 0.511. The molecule has 1 saturated heterocycles. The van der Waals surface area contributed by atoms with Crippen molar-refractivity contribution in [3.05, 3.63) is 22.6 Å². The predicted octanol–water partition coefficient (Wildman–Crippen LogP) is 1.05. The molecule has 1 aromatic rings. The van der Waals surface area contributed by atoms with Crippen LogP contribution in [0.4, 0.5) is 0 Å². The molecule has 0 radical (unpaired) electrons. The van der Waals surface area contributed by atoms with Crippen LogP contribution in [-0.2, 0) is 9.59 Å². The molecular formula is C16H16NO6S2-. The van der Waals surface area contributed by atoms with Gasteiger partial charge in [0.25, 0.3) is 5.91 Å². The van der Waals surface area contributed by atoms with E-state index in [4.69, 9.17) is 26.4 Å². The van der Waals surface area contributed by atoms with Gasteiger partial charge in [-0.25, -0.2) is 0 Å². The van der Waals surface area contributed by atoms with Gasteiger partial charge in [-0.1, -0.05) is 24.0 Å². The minimum atomic E-state index is -1.24. The summed E-state index contributed by atoms with van der Waals surface area (Å²) >= 11 is 6.25. The first-order chi connectivity index (χ1) is 11.9. The summed E-state index contributed by atoms with van der Waals surface area (Å²) in [6.07, 6.45) is 1.35. The highest BCUT2D eigenvalue weighted by Gasteiger charge is 2.32. The third-order valence-electron chi connectivity index (χ3n) is 3.44. The maximum absolute atomic E-state index is 12.4. The van der Waals surface area contributed by atoms with E-state index in [-0.39, 0.29) is 18.9 Å². The molecule has 0 aromatic heterocycles. The highest BCUT2D eigenvalue weighted by Crippen LogP contribution is 2.38. The Morgan fingerprint density at radius 1 is 1.20 bits per heavy atom. The Balaban J connectivity index is 2.35. The second kappa shape index (κ2) is 8.21. The summed E-state index contributed by atoms with van der Waals surface area (Å²) in [6, 6.07) is 3.34. The third-order valence-corrected chi connectivity index (χ3v) is 4.81. The average molecular weight is 382 g/mol. The standard InChI is InChI=1S/C16H17NO6S2/c1-21-10-8-12(23-3)11(22-2)6-9(10)7-13-15(20)17(16(24)25-13)5-4-14(18)19/h6-8H,4-5H2,1-3H3,(H,18,19)/p-1/b13-7+. The molecule has 1 aromatic carbocycles. The van der Waals surface area contributed by atoms with Crippen molar-refractivity contribution in [2.45, 2.75) is 6.42 Å². The Morgan fingerprint density at radius 2 is 1.80 bits per heavy atom. The number of methoxy groups -OCH3 is 3. The van der Waals surface area contributed by atoms with Crippen molar-refractivity contribution in [1.29, 1.82) is 0 Å². The molecule has 0 N–H and O–H groups in total. The summed E-state index contributed by atoms with van der Waals surface area (Å²) in [5.41, 5.74) is 0.612. The number of hydrogen-bond donors (Lipinski definition) is 0. The van der Waals surface area contributed by atoms with Crippen molar-refractivity contribution in [3.8, 4) is 17.2 Å². The number of nitrogens with zero attached hydrogens (tertiary/aromatic N) is 1. The maximum atomic E-state index is 12.4. The molecule has 0 unspecified atom stereocenters. The van der Waals surface area contributed by atoms with Crippen LogP contribution in [0.1, 0.15) is 12.0 Å². The van der Waals surface area contributed by atoms with E-state index in [0.29, 0.717) is 32.0 Å². The molecule has 0 aliphatic carbocycles. The number of aliphatic carboxylic acids is 1. The molecule has 0 atom stereocenters. The van der Waals surface area contributed by atoms with E-state index in [2.05, 4.69) is 0 Å². The Kier molecular flexibility index (Phi) is 6.27. The van der Waals surface area contributed by atoms with Gasteiger partial charge in [-0.05, 0) is 12.1 Å². The Morgan fingerprint density at radius 3 is 2.36 bits per heavy atom. The number of thiocarbonyl (C=S) groups is 1. The van der Waals surface area contributed by atoms with Gasteiger partial charge in [0, 0.05) is 30.6 Å². The van der Waals surface area contributed by atoms with Crippen molar-refractivity contribution in [2.75, 3.05) is 27.9 Å². The molecule has 0 bridgehead atoms. The smallest absolute Gasteiger partial charge is 0.266 e. The monoisotopic (exact) mass is 382 g/mol. The molecule has 1 amide bonds. The molecule has 1 heterocycles. The lowest BCUT2D eigenvalue weighted by atomic mass is 10.1. The van der Waals surface area contributed by atoms with Gasteiger partial charge in [-0.3, -0.25) is 9.69 Å². The molecule has 1 fully saturated rings. The van der Waals surface area contributed by atoms with Crippen LogP contribution in [-0.4, -0.2) is 49.0 Å². The third kappa shape index (κ3) is 4.23. The van der Waals surface area contributed by atoms with E-state index in [1.807, 2.05) is 0 Å². The number of benzene rings is 1. The van der Waals surface area contributed by atoms with Gasteiger partial charge < -0.3 is 24.1 Å². The normalized spacial score (nSPS) is 15.6. The van der Waals surface area contributed by atoms with Gasteiger partial charge in [0.05, 0.1) is 26.2 Å². The fourth-order valence-electron chi connectivity index (χ4n) is 2.20. The minimum Gasteiger partial charge on any atom is -0.550 e. The number of carbonyl (C=O) groups is 2. The predicted molar refractivity (Wildman–Crippen MR) is 95.6 cm³/mol. The second-order valence-corrected chi connectivity index (χ2v) is 6.58. The lowest BCUT2D eigenvalue weighted by molar-refractivity contribution is -0.305. The zero-order chi connectivity index (χ0) is 18.6. The fraction of sp³-hybridized carbons (Fsp3) is 0.312. The van der Waals surface area contributed by atoms with Crippen LogP contribution in [0.25, 0.3) is 6.08 Å². The van der Waals surface area contributed by atoms with Gasteiger partial charge in [-0.15, -0.1) is 0 Å². The van der Waals surface area contributed by atoms with Gasteiger partial charge in [0.15, 0.2) is 11.5 Å². The van der Waals surface area contributed by atoms with Crippen LogP contribution in [0.15, 0.2) is 17.0 Å². The number of hydrogen-bond acceptors (Lipinski definition) is 8. The number of carboxylic acid groups (broad SMARTS) is 1. The van der Waals surface area contributed by atoms with Gasteiger partial charge in [0.1, 0.15) is 10.1 Å². The van der Waals surface area contributed by atoms with Crippen molar-refractivity contribution in [1.82, 2.24) is 4.90 Å². The SMILES string of the molecule is COc1cc(OC)c(OC)cc1/C=C1/SC(=S)N(CCC(=O)[O-])C1=O. The zero-order valence-electron chi connectivity index (χ0n) is 13.9. The number of rotatable bonds is 7. The molecule has 9 heteroatoms. The van der Waals surface area contributed by atoms with Crippen molar-refractivity contribution in [3.63, 3.8) is 0 Å². The van der Waals surface area contributed by atoms with E-state index < -0.39 is 5.97 Å². The van der Waals surface area contributed by atoms with Gasteiger partial charge in [-0.2, -0.15) is 0 Å². The molecule has 7 nitrogen and oxygen atoms in total. The Labute approximate surface area is 154 Å². The molecule has 25 heavy (non-hydrogen) atoms. The number of carbonyl (C=O) groups excluding carboxylic acids is 2. The van der Waals surface area contributed by atoms with Crippen LogP contribution < -0.4 is 19.3 Å². The summed E-state index contributed by atoms with van der Waals surface area (Å²) < 4.78 is 16.1. The molecule has 0 spiro atoms. The van der Waals surface area contributed by atoms with Crippen molar-refractivity contribution in [2.24, 2.45) is 0 Å².